The fourth-order valence-electron chi connectivity index (χ4n) is 2.83. The van der Waals surface area contributed by atoms with E-state index in [1.807, 2.05) is 31.2 Å². The third-order valence-corrected chi connectivity index (χ3v) is 6.53. The van der Waals surface area contributed by atoms with Gasteiger partial charge in [0.1, 0.15) is 5.75 Å². The van der Waals surface area contributed by atoms with Gasteiger partial charge in [-0.15, -0.1) is 0 Å². The van der Waals surface area contributed by atoms with E-state index in [2.05, 4.69) is 0 Å². The fraction of sp³-hybridized carbons (Fsp3) is 0.333. The molecule has 1 heterocycles. The summed E-state index contributed by atoms with van der Waals surface area (Å²) >= 11 is 5.87. The number of morpholine rings is 1. The normalized spacial score (nSPS) is 21.9. The third-order valence-electron chi connectivity index (χ3n) is 4.28. The number of sulfonamides is 1. The highest BCUT2D eigenvalue weighted by Gasteiger charge is 2.36. The van der Waals surface area contributed by atoms with Crippen molar-refractivity contribution >= 4 is 21.6 Å². The van der Waals surface area contributed by atoms with Crippen molar-refractivity contribution < 1.29 is 17.9 Å². The molecular formula is C18H20ClNO4S. The Morgan fingerprint density at radius 2 is 1.76 bits per heavy atom. The first-order chi connectivity index (χ1) is 11.9. The summed E-state index contributed by atoms with van der Waals surface area (Å²) in [6.07, 6.45) is -0.316. The highest BCUT2D eigenvalue weighted by atomic mass is 35.5. The van der Waals surface area contributed by atoms with Crippen molar-refractivity contribution in [3.8, 4) is 5.75 Å². The first kappa shape index (κ1) is 18.2. The van der Waals surface area contributed by atoms with Crippen LogP contribution in [-0.4, -0.2) is 39.0 Å². The van der Waals surface area contributed by atoms with Crippen LogP contribution in [0, 0.1) is 0 Å². The first-order valence-electron chi connectivity index (χ1n) is 7.95. The van der Waals surface area contributed by atoms with Crippen molar-refractivity contribution in [3.05, 3.63) is 59.1 Å². The number of hydrogen-bond donors (Lipinski definition) is 0. The van der Waals surface area contributed by atoms with E-state index in [9.17, 15) is 8.42 Å². The SMILES string of the molecule is COc1ccc(C2CN(S(=O)(=O)c3ccc(Cl)cc3)C(C)CO2)cc1. The Morgan fingerprint density at radius 3 is 2.36 bits per heavy atom. The van der Waals surface area contributed by atoms with Gasteiger partial charge in [-0.1, -0.05) is 23.7 Å². The standard InChI is InChI=1S/C18H20ClNO4S/c1-13-12-24-18(14-3-7-16(23-2)8-4-14)11-20(13)25(21,22)17-9-5-15(19)6-10-17/h3-10,13,18H,11-12H2,1-2H3. The highest BCUT2D eigenvalue weighted by molar-refractivity contribution is 7.89. The van der Waals surface area contributed by atoms with Crippen LogP contribution in [0.2, 0.25) is 5.02 Å². The second-order valence-electron chi connectivity index (χ2n) is 5.97. The summed E-state index contributed by atoms with van der Waals surface area (Å²) in [7, 11) is -2.01. The lowest BCUT2D eigenvalue weighted by Gasteiger charge is -2.37. The van der Waals surface area contributed by atoms with E-state index in [1.54, 1.807) is 19.2 Å². The maximum absolute atomic E-state index is 13.0. The molecule has 1 aliphatic heterocycles. The molecule has 0 spiro atoms. The van der Waals surface area contributed by atoms with Gasteiger partial charge in [0.15, 0.2) is 0 Å². The summed E-state index contributed by atoms with van der Waals surface area (Å²) in [5.41, 5.74) is 0.920. The third kappa shape index (κ3) is 3.82. The second kappa shape index (κ2) is 7.33. The average molecular weight is 382 g/mol. The minimum Gasteiger partial charge on any atom is -0.497 e. The molecule has 0 radical (unpaired) electrons. The lowest BCUT2D eigenvalue weighted by Crippen LogP contribution is -2.48. The maximum atomic E-state index is 13.0. The molecule has 1 fully saturated rings. The van der Waals surface area contributed by atoms with Gasteiger partial charge in [-0.2, -0.15) is 4.31 Å². The number of benzene rings is 2. The molecule has 0 bridgehead atoms. The predicted molar refractivity (Wildman–Crippen MR) is 96.5 cm³/mol. The van der Waals surface area contributed by atoms with E-state index >= 15 is 0 Å². The molecule has 25 heavy (non-hydrogen) atoms. The van der Waals surface area contributed by atoms with Gasteiger partial charge in [-0.05, 0) is 48.9 Å². The van der Waals surface area contributed by atoms with Crippen LogP contribution in [0.25, 0.3) is 0 Å². The van der Waals surface area contributed by atoms with Crippen molar-refractivity contribution in [3.63, 3.8) is 0 Å². The van der Waals surface area contributed by atoms with Crippen LogP contribution in [0.5, 0.6) is 5.75 Å². The quantitative estimate of drug-likeness (QED) is 0.813. The zero-order valence-electron chi connectivity index (χ0n) is 14.1. The molecule has 0 aliphatic carbocycles. The lowest BCUT2D eigenvalue weighted by atomic mass is 10.1. The molecule has 0 N–H and O–H groups in total. The second-order valence-corrected chi connectivity index (χ2v) is 8.30. The topological polar surface area (TPSA) is 55.8 Å². The minimum atomic E-state index is -3.61. The molecular weight excluding hydrogens is 362 g/mol. The predicted octanol–water partition coefficient (Wildman–Crippen LogP) is 3.50. The van der Waals surface area contributed by atoms with Crippen LogP contribution in [0.3, 0.4) is 0 Å². The monoisotopic (exact) mass is 381 g/mol. The Kier molecular flexibility index (Phi) is 5.34. The summed E-state index contributed by atoms with van der Waals surface area (Å²) in [6.45, 7) is 2.44. The van der Waals surface area contributed by atoms with Crippen LogP contribution in [-0.2, 0) is 14.8 Å². The summed E-state index contributed by atoms with van der Waals surface area (Å²) in [5.74, 6) is 0.749. The van der Waals surface area contributed by atoms with E-state index in [0.29, 0.717) is 11.6 Å². The molecule has 1 aliphatic rings. The summed E-state index contributed by atoms with van der Waals surface area (Å²) < 4.78 is 38.5. The van der Waals surface area contributed by atoms with Crippen LogP contribution in [0.15, 0.2) is 53.4 Å². The fourth-order valence-corrected chi connectivity index (χ4v) is 4.57. The van der Waals surface area contributed by atoms with Crippen molar-refractivity contribution in [1.29, 1.82) is 0 Å². The molecule has 0 saturated carbocycles. The van der Waals surface area contributed by atoms with Gasteiger partial charge in [-0.3, -0.25) is 0 Å². The van der Waals surface area contributed by atoms with Gasteiger partial charge in [0.2, 0.25) is 10.0 Å². The molecule has 7 heteroatoms. The molecule has 2 aromatic rings. The van der Waals surface area contributed by atoms with Gasteiger partial charge in [-0.25, -0.2) is 8.42 Å². The zero-order valence-corrected chi connectivity index (χ0v) is 15.6. The van der Waals surface area contributed by atoms with Gasteiger partial charge in [0.05, 0.1) is 24.7 Å². The lowest BCUT2D eigenvalue weighted by molar-refractivity contribution is -0.0288. The Balaban J connectivity index is 1.85. The van der Waals surface area contributed by atoms with E-state index in [0.717, 1.165) is 11.3 Å². The summed E-state index contributed by atoms with van der Waals surface area (Å²) in [4.78, 5) is 0.235. The smallest absolute Gasteiger partial charge is 0.243 e. The van der Waals surface area contributed by atoms with E-state index in [1.165, 1.54) is 16.4 Å². The van der Waals surface area contributed by atoms with E-state index in [-0.39, 0.29) is 23.6 Å². The van der Waals surface area contributed by atoms with Gasteiger partial charge >= 0.3 is 0 Å². The Hall–Kier alpha value is -1.60. The number of ether oxygens (including phenoxy) is 2. The molecule has 2 atom stereocenters. The molecule has 5 nitrogen and oxygen atoms in total. The van der Waals surface area contributed by atoms with Crippen LogP contribution in [0.1, 0.15) is 18.6 Å². The maximum Gasteiger partial charge on any atom is 0.243 e. The number of hydrogen-bond acceptors (Lipinski definition) is 4. The highest BCUT2D eigenvalue weighted by Crippen LogP contribution is 2.30. The Morgan fingerprint density at radius 1 is 1.12 bits per heavy atom. The van der Waals surface area contributed by atoms with E-state index in [4.69, 9.17) is 21.1 Å². The number of halogens is 1. The molecule has 134 valence electrons. The van der Waals surface area contributed by atoms with Crippen molar-refractivity contribution in [1.82, 2.24) is 4.31 Å². The van der Waals surface area contributed by atoms with Gasteiger partial charge in [0.25, 0.3) is 0 Å². The molecule has 1 saturated heterocycles. The number of rotatable bonds is 4. The van der Waals surface area contributed by atoms with Gasteiger partial charge in [0, 0.05) is 17.6 Å². The number of nitrogens with zero attached hydrogens (tertiary/aromatic N) is 1. The van der Waals surface area contributed by atoms with Crippen LogP contribution < -0.4 is 4.74 Å². The summed E-state index contributed by atoms with van der Waals surface area (Å²) in [5, 5.41) is 0.505. The van der Waals surface area contributed by atoms with Crippen LogP contribution >= 0.6 is 11.6 Å². The molecule has 0 amide bonds. The number of methoxy groups -OCH3 is 1. The van der Waals surface area contributed by atoms with E-state index < -0.39 is 10.0 Å². The largest absolute Gasteiger partial charge is 0.497 e. The molecule has 0 aromatic heterocycles. The van der Waals surface area contributed by atoms with Crippen molar-refractivity contribution in [2.45, 2.75) is 24.0 Å². The summed E-state index contributed by atoms with van der Waals surface area (Å²) in [6, 6.07) is 13.5. The van der Waals surface area contributed by atoms with Crippen molar-refractivity contribution in [2.75, 3.05) is 20.3 Å². The Labute approximate surface area is 153 Å². The Bertz CT molecular complexity index is 821. The minimum absolute atomic E-state index is 0.235. The zero-order chi connectivity index (χ0) is 18.0. The molecule has 2 unspecified atom stereocenters. The van der Waals surface area contributed by atoms with Crippen LogP contribution in [0.4, 0.5) is 0 Å². The molecule has 2 aromatic carbocycles. The van der Waals surface area contributed by atoms with Crippen molar-refractivity contribution in [2.24, 2.45) is 0 Å². The first-order valence-corrected chi connectivity index (χ1v) is 9.76. The van der Waals surface area contributed by atoms with Gasteiger partial charge < -0.3 is 9.47 Å². The molecule has 3 rings (SSSR count). The average Bonchev–Trinajstić information content (AvgIpc) is 2.62.